The lowest BCUT2D eigenvalue weighted by Gasteiger charge is -2.11. The first-order chi connectivity index (χ1) is 10.1. The third-order valence-corrected chi connectivity index (χ3v) is 4.14. The summed E-state index contributed by atoms with van der Waals surface area (Å²) in [5.41, 5.74) is -2.17. The fraction of sp³-hybridized carbons (Fsp3) is 0. The van der Waals surface area contributed by atoms with Crippen molar-refractivity contribution in [3.05, 3.63) is 52.3 Å². The Kier molecular flexibility index (Phi) is 4.16. The average molecular weight is 359 g/mol. The first kappa shape index (κ1) is 16.7. The van der Waals surface area contributed by atoms with E-state index in [1.54, 1.807) is 0 Å². The van der Waals surface area contributed by atoms with Crippen molar-refractivity contribution in [3.63, 3.8) is 0 Å². The van der Waals surface area contributed by atoms with Gasteiger partial charge in [0, 0.05) is 5.56 Å². The molecule has 0 aliphatic carbocycles. The van der Waals surface area contributed by atoms with Gasteiger partial charge in [0.05, 0.1) is 10.6 Å². The van der Waals surface area contributed by atoms with Gasteiger partial charge in [0.15, 0.2) is 23.3 Å². The lowest BCUT2D eigenvalue weighted by molar-refractivity contribution is 0.381. The van der Waals surface area contributed by atoms with E-state index < -0.39 is 60.2 Å². The second kappa shape index (κ2) is 5.49. The maximum atomic E-state index is 13.7. The van der Waals surface area contributed by atoms with Crippen LogP contribution < -0.4 is 0 Å². The molecule has 0 fully saturated rings. The molecular formula is C12H4ClF5O3S. The van der Waals surface area contributed by atoms with Gasteiger partial charge in [-0.15, -0.1) is 0 Å². The van der Waals surface area contributed by atoms with Gasteiger partial charge in [-0.3, -0.25) is 4.55 Å². The van der Waals surface area contributed by atoms with Crippen LogP contribution in [0.3, 0.4) is 0 Å². The monoisotopic (exact) mass is 358 g/mol. The fourth-order valence-electron chi connectivity index (χ4n) is 1.74. The second-order valence-electron chi connectivity index (χ2n) is 4.04. The molecule has 2 rings (SSSR count). The molecule has 0 unspecified atom stereocenters. The lowest BCUT2D eigenvalue weighted by atomic mass is 10.0. The van der Waals surface area contributed by atoms with Crippen molar-refractivity contribution in [1.29, 1.82) is 0 Å². The molecule has 0 aliphatic rings. The zero-order valence-corrected chi connectivity index (χ0v) is 11.7. The summed E-state index contributed by atoms with van der Waals surface area (Å²) in [6.07, 6.45) is 0. The molecule has 22 heavy (non-hydrogen) atoms. The minimum atomic E-state index is -4.86. The second-order valence-corrected chi connectivity index (χ2v) is 5.81. The molecule has 10 heteroatoms. The number of benzene rings is 2. The van der Waals surface area contributed by atoms with Crippen molar-refractivity contribution in [2.75, 3.05) is 0 Å². The molecule has 118 valence electrons. The van der Waals surface area contributed by atoms with Gasteiger partial charge in [0.1, 0.15) is 4.90 Å². The van der Waals surface area contributed by atoms with Gasteiger partial charge in [-0.05, 0) is 6.07 Å². The largest absolute Gasteiger partial charge is 0.296 e. The zero-order chi connectivity index (χ0) is 16.8. The summed E-state index contributed by atoms with van der Waals surface area (Å²) in [6, 6.07) is 2.56. The van der Waals surface area contributed by atoms with E-state index in [2.05, 4.69) is 0 Å². The van der Waals surface area contributed by atoms with Crippen molar-refractivity contribution in [2.45, 2.75) is 4.90 Å². The summed E-state index contributed by atoms with van der Waals surface area (Å²) in [6.45, 7) is 0. The van der Waals surface area contributed by atoms with Crippen LogP contribution in [-0.2, 0) is 10.1 Å². The lowest BCUT2D eigenvalue weighted by Crippen LogP contribution is -2.06. The Hall–Kier alpha value is -1.71. The Morgan fingerprint density at radius 2 is 1.32 bits per heavy atom. The van der Waals surface area contributed by atoms with E-state index in [9.17, 15) is 30.4 Å². The summed E-state index contributed by atoms with van der Waals surface area (Å²) in [5, 5.41) is -0.881. The summed E-state index contributed by atoms with van der Waals surface area (Å²) >= 11 is 5.61. The standard InChI is InChI=1S/C12H4ClF5O3S/c13-7-4(2-1-3-5(7)22(19,20)21)6-8(14)10(16)12(18)11(17)9(6)15/h1-3H,(H,19,20,21). The molecule has 0 radical (unpaired) electrons. The maximum Gasteiger partial charge on any atom is 0.296 e. The molecule has 0 atom stereocenters. The van der Waals surface area contributed by atoms with Crippen LogP contribution in [0.5, 0.6) is 0 Å². The summed E-state index contributed by atoms with van der Waals surface area (Å²) < 4.78 is 97.8. The molecule has 2 aromatic carbocycles. The molecule has 0 aromatic heterocycles. The van der Waals surface area contributed by atoms with Crippen LogP contribution in [-0.4, -0.2) is 13.0 Å². The van der Waals surface area contributed by atoms with Crippen molar-refractivity contribution in [1.82, 2.24) is 0 Å². The van der Waals surface area contributed by atoms with Crippen LogP contribution in [0.4, 0.5) is 22.0 Å². The van der Waals surface area contributed by atoms with Crippen LogP contribution in [0, 0.1) is 29.1 Å². The van der Waals surface area contributed by atoms with Gasteiger partial charge in [0.25, 0.3) is 10.1 Å². The van der Waals surface area contributed by atoms with E-state index in [1.165, 1.54) is 0 Å². The summed E-state index contributed by atoms with van der Waals surface area (Å²) in [5.74, 6) is -11.1. The van der Waals surface area contributed by atoms with Crippen molar-refractivity contribution < 1.29 is 34.9 Å². The molecule has 3 nitrogen and oxygen atoms in total. The minimum absolute atomic E-state index is 0.774. The van der Waals surface area contributed by atoms with Gasteiger partial charge in [-0.2, -0.15) is 8.42 Å². The van der Waals surface area contributed by atoms with E-state index in [4.69, 9.17) is 16.2 Å². The third kappa shape index (κ3) is 2.55. The fourth-order valence-corrected chi connectivity index (χ4v) is 2.84. The van der Waals surface area contributed by atoms with E-state index in [1.807, 2.05) is 0 Å². The highest BCUT2D eigenvalue weighted by atomic mass is 35.5. The zero-order valence-electron chi connectivity index (χ0n) is 10.2. The van der Waals surface area contributed by atoms with Crippen LogP contribution in [0.2, 0.25) is 5.02 Å². The Balaban J connectivity index is 2.91. The van der Waals surface area contributed by atoms with E-state index in [0.29, 0.717) is 0 Å². The van der Waals surface area contributed by atoms with Gasteiger partial charge >= 0.3 is 0 Å². The molecule has 1 N–H and O–H groups in total. The molecule has 0 amide bonds. The first-order valence-corrected chi connectivity index (χ1v) is 7.17. The predicted octanol–water partition coefficient (Wildman–Crippen LogP) is 3.95. The summed E-state index contributed by atoms with van der Waals surface area (Å²) in [4.78, 5) is -0.935. The van der Waals surface area contributed by atoms with Crippen LogP contribution >= 0.6 is 11.6 Å². The summed E-state index contributed by atoms with van der Waals surface area (Å²) in [7, 11) is -4.86. The van der Waals surface area contributed by atoms with Crippen molar-refractivity contribution in [2.24, 2.45) is 0 Å². The highest BCUT2D eigenvalue weighted by molar-refractivity contribution is 7.86. The smallest absolute Gasteiger partial charge is 0.282 e. The third-order valence-electron chi connectivity index (χ3n) is 2.72. The van der Waals surface area contributed by atoms with Gasteiger partial charge < -0.3 is 0 Å². The number of halogens is 6. The minimum Gasteiger partial charge on any atom is -0.282 e. The SMILES string of the molecule is O=S(=O)(O)c1cccc(-c2c(F)c(F)c(F)c(F)c2F)c1Cl. The number of hydrogen-bond donors (Lipinski definition) is 1. The molecule has 0 heterocycles. The Morgan fingerprint density at radius 3 is 1.77 bits per heavy atom. The molecule has 2 aromatic rings. The predicted molar refractivity (Wildman–Crippen MR) is 66.5 cm³/mol. The number of rotatable bonds is 2. The number of hydrogen-bond acceptors (Lipinski definition) is 2. The maximum absolute atomic E-state index is 13.7. The van der Waals surface area contributed by atoms with Crippen LogP contribution in [0.25, 0.3) is 11.1 Å². The van der Waals surface area contributed by atoms with Gasteiger partial charge in [-0.25, -0.2) is 22.0 Å². The van der Waals surface area contributed by atoms with Crippen LogP contribution in [0.15, 0.2) is 23.1 Å². The topological polar surface area (TPSA) is 54.4 Å². The molecule has 0 aliphatic heterocycles. The van der Waals surface area contributed by atoms with Crippen molar-refractivity contribution in [3.8, 4) is 11.1 Å². The Labute approximate surface area is 125 Å². The Morgan fingerprint density at radius 1 is 0.864 bits per heavy atom. The molecule has 0 saturated heterocycles. The quantitative estimate of drug-likeness (QED) is 0.383. The first-order valence-electron chi connectivity index (χ1n) is 5.35. The molecule has 0 saturated carbocycles. The molecular weight excluding hydrogens is 355 g/mol. The molecule has 0 bridgehead atoms. The van der Waals surface area contributed by atoms with Crippen molar-refractivity contribution >= 4 is 21.7 Å². The van der Waals surface area contributed by atoms with Gasteiger partial charge in [-0.1, -0.05) is 23.7 Å². The highest BCUT2D eigenvalue weighted by Gasteiger charge is 2.29. The normalized spacial score (nSPS) is 11.8. The highest BCUT2D eigenvalue weighted by Crippen LogP contribution is 2.38. The van der Waals surface area contributed by atoms with E-state index in [0.717, 1.165) is 18.2 Å². The average Bonchev–Trinajstić information content (AvgIpc) is 2.43. The van der Waals surface area contributed by atoms with E-state index in [-0.39, 0.29) is 0 Å². The van der Waals surface area contributed by atoms with E-state index >= 15 is 0 Å². The van der Waals surface area contributed by atoms with Crippen LogP contribution in [0.1, 0.15) is 0 Å². The Bertz CT molecular complexity index is 854. The van der Waals surface area contributed by atoms with Gasteiger partial charge in [0.2, 0.25) is 5.82 Å². The molecule has 0 spiro atoms.